The van der Waals surface area contributed by atoms with Crippen LogP contribution < -0.4 is 15.2 Å². The van der Waals surface area contributed by atoms with Crippen LogP contribution in [0, 0.1) is 0 Å². The van der Waals surface area contributed by atoms with Crippen molar-refractivity contribution in [3.63, 3.8) is 0 Å². The number of benzene rings is 2. The van der Waals surface area contributed by atoms with E-state index >= 15 is 0 Å². The van der Waals surface area contributed by atoms with E-state index in [0.717, 1.165) is 13.0 Å². The molecule has 134 valence electrons. The van der Waals surface area contributed by atoms with Gasteiger partial charge in [-0.2, -0.15) is 0 Å². The average Bonchev–Trinajstić information content (AvgIpc) is 2.77. The quantitative estimate of drug-likeness (QED) is 0.621. The summed E-state index contributed by atoms with van der Waals surface area (Å²) in [5, 5.41) is 3.26. The van der Waals surface area contributed by atoms with E-state index in [-0.39, 0.29) is 11.1 Å². The maximum absolute atomic E-state index is 12.7. The highest BCUT2D eigenvalue weighted by molar-refractivity contribution is 7.89. The Morgan fingerprint density at radius 2 is 2.20 bits per heavy atom. The van der Waals surface area contributed by atoms with Crippen molar-refractivity contribution in [2.24, 2.45) is 5.13 Å². The summed E-state index contributed by atoms with van der Waals surface area (Å²) in [7, 11) is -5.00. The van der Waals surface area contributed by atoms with Gasteiger partial charge in [0.15, 0.2) is 7.16 Å². The molecule has 0 saturated heterocycles. The summed E-state index contributed by atoms with van der Waals surface area (Å²) in [6.45, 7) is -1.46. The molecule has 0 saturated carbocycles. The van der Waals surface area contributed by atoms with E-state index in [0.29, 0.717) is 6.07 Å². The van der Waals surface area contributed by atoms with Crippen LogP contribution in [0.4, 0.5) is 5.69 Å². The highest BCUT2D eigenvalue weighted by Crippen LogP contribution is 2.37. The van der Waals surface area contributed by atoms with E-state index in [1.807, 2.05) is 0 Å². The van der Waals surface area contributed by atoms with E-state index in [1.54, 1.807) is 6.07 Å². The van der Waals surface area contributed by atoms with Crippen molar-refractivity contribution in [2.75, 3.05) is 11.8 Å². The van der Waals surface area contributed by atoms with Gasteiger partial charge in [0.1, 0.15) is 13.5 Å². The minimum Gasteiger partial charge on any atom is -0.478 e. The summed E-state index contributed by atoms with van der Waals surface area (Å²) < 4.78 is 100. The molecule has 0 fully saturated rings. The minimum absolute atomic E-state index is 0.0151. The van der Waals surface area contributed by atoms with E-state index in [4.69, 9.17) is 17.3 Å². The van der Waals surface area contributed by atoms with Crippen LogP contribution in [0.5, 0.6) is 11.5 Å². The van der Waals surface area contributed by atoms with Crippen molar-refractivity contribution >= 4 is 21.7 Å². The highest BCUT2D eigenvalue weighted by atomic mass is 32.2. The van der Waals surface area contributed by atoms with Gasteiger partial charge in [-0.25, -0.2) is 18.3 Å². The molecule has 25 heavy (non-hydrogen) atoms. The zero-order chi connectivity index (χ0) is 26.1. The molecule has 2 aromatic carbocycles. The van der Waals surface area contributed by atoms with Gasteiger partial charge in [0.2, 0.25) is 10.0 Å². The number of ether oxygens (including phenoxy) is 1. The molecular formula is C17H20N2O5S. The Kier molecular flexibility index (Phi) is 3.13. The monoisotopic (exact) mass is 373 g/mol. The third kappa shape index (κ3) is 4.94. The number of anilines is 1. The molecule has 0 aromatic heterocycles. The van der Waals surface area contributed by atoms with Gasteiger partial charge in [0.05, 0.1) is 11.3 Å². The van der Waals surface area contributed by atoms with Gasteiger partial charge in [0.25, 0.3) is 1.43 Å². The van der Waals surface area contributed by atoms with Crippen LogP contribution in [0.1, 0.15) is 36.9 Å². The molecule has 7 nitrogen and oxygen atoms in total. The Morgan fingerprint density at radius 1 is 1.44 bits per heavy atom. The lowest BCUT2D eigenvalue weighted by Gasteiger charge is -2.17. The fourth-order valence-corrected chi connectivity index (χ4v) is 2.52. The first-order valence-electron chi connectivity index (χ1n) is 11.2. The summed E-state index contributed by atoms with van der Waals surface area (Å²) in [5.41, 5.74) is -1.34. The third-order valence-electron chi connectivity index (χ3n) is 2.92. The van der Waals surface area contributed by atoms with Crippen molar-refractivity contribution in [2.45, 2.75) is 24.6 Å². The number of primary sulfonamides is 1. The first kappa shape index (κ1) is 9.79. The van der Waals surface area contributed by atoms with Gasteiger partial charge in [-0.05, 0) is 30.6 Å². The van der Waals surface area contributed by atoms with Crippen molar-refractivity contribution in [3.8, 4) is 11.5 Å². The van der Waals surface area contributed by atoms with E-state index in [1.165, 1.54) is 24.3 Å². The molecule has 0 spiro atoms. The minimum atomic E-state index is -5.00. The molecule has 1 unspecified atom stereocenters. The molecule has 0 amide bonds. The van der Waals surface area contributed by atoms with Crippen LogP contribution in [-0.2, 0) is 10.0 Å². The van der Waals surface area contributed by atoms with Gasteiger partial charge in [0, 0.05) is 13.4 Å². The predicted octanol–water partition coefficient (Wildman–Crippen LogP) is 3.04. The maximum Gasteiger partial charge on any atom is 0.335 e. The molecule has 0 radical (unpaired) electrons. The highest BCUT2D eigenvalue weighted by Gasteiger charge is 2.23. The Labute approximate surface area is 159 Å². The van der Waals surface area contributed by atoms with Crippen LogP contribution >= 0.6 is 0 Å². The van der Waals surface area contributed by atoms with E-state index < -0.39 is 62.3 Å². The number of aromatic carboxylic acids is 1. The van der Waals surface area contributed by atoms with Gasteiger partial charge in [-0.15, -0.1) is 0 Å². The zero-order valence-corrected chi connectivity index (χ0v) is 13.8. The summed E-state index contributed by atoms with van der Waals surface area (Å²) >= 11 is 0. The van der Waals surface area contributed by atoms with Gasteiger partial charge >= 0.3 is 5.97 Å². The molecule has 0 heterocycles. The largest absolute Gasteiger partial charge is 0.478 e. The van der Waals surface area contributed by atoms with Gasteiger partial charge in [-0.1, -0.05) is 31.5 Å². The number of carboxylic acid groups (broad SMARTS) is 1. The van der Waals surface area contributed by atoms with E-state index in [9.17, 15) is 13.2 Å². The number of hydrogen-bond donors (Lipinski definition) is 3. The van der Waals surface area contributed by atoms with Crippen LogP contribution in [0.2, 0.25) is 4.24 Å². The second kappa shape index (κ2) is 8.00. The molecule has 1 atom stereocenters. The average molecular weight is 373 g/mol. The lowest BCUT2D eigenvalue weighted by Crippen LogP contribution is -2.16. The second-order valence-electron chi connectivity index (χ2n) is 4.65. The number of carbonyl (C=O) groups is 1. The Morgan fingerprint density at radius 3 is 2.84 bits per heavy atom. The lowest BCUT2D eigenvalue weighted by atomic mass is 10.1. The van der Waals surface area contributed by atoms with Crippen LogP contribution in [0.3, 0.4) is 0 Å². The van der Waals surface area contributed by atoms with Crippen LogP contribution in [0.25, 0.3) is 1.43 Å². The smallest absolute Gasteiger partial charge is 0.335 e. The van der Waals surface area contributed by atoms with Gasteiger partial charge < -0.3 is 15.2 Å². The number of para-hydroxylation sites is 1. The number of rotatable bonds is 9. The molecule has 0 aliphatic heterocycles. The number of nitrogens with two attached hydrogens (primary N) is 1. The molecule has 0 bridgehead atoms. The number of nitrogens with one attached hydrogen (secondary N) is 1. The molecule has 2 aromatic rings. The Hall–Kier alpha value is -2.58. The standard InChI is InChI=1S/C17H20N2O5S/c1-2-3-9-19-14-10-12(17(20)21)11-15(25(18,22)23)16(14)24-13-7-5-4-6-8-13/h4-8,10-11,19H,2-3,9H2,1H3,(H,20,21)(H2,18,22,23)/i2D2,3D2,9D/hD4. The fraction of sp³-hybridized carbons (Fsp3) is 0.235. The first-order valence-corrected chi connectivity index (χ1v) is 8.31. The zero-order valence-electron chi connectivity index (χ0n) is 22.0. The second-order valence-corrected chi connectivity index (χ2v) is 6.04. The molecule has 4 N–H and O–H groups in total. The van der Waals surface area contributed by atoms with Crippen molar-refractivity contribution in [1.29, 1.82) is 1.43 Å². The van der Waals surface area contributed by atoms with Crippen LogP contribution in [-0.4, -0.2) is 26.0 Å². The van der Waals surface area contributed by atoms with Crippen molar-refractivity contribution < 1.29 is 34.1 Å². The fourth-order valence-electron chi connectivity index (χ4n) is 1.87. The predicted molar refractivity (Wildman–Crippen MR) is 94.7 cm³/mol. The first-order chi connectivity index (χ1) is 15.6. The number of carboxylic acids is 1. The van der Waals surface area contributed by atoms with Gasteiger partial charge in [-0.3, -0.25) is 0 Å². The normalized spacial score (nSPS) is 18.7. The molecular weight excluding hydrogens is 344 g/mol. The number of sulfonamides is 1. The Bertz CT molecular complexity index is 1140. The van der Waals surface area contributed by atoms with Crippen molar-refractivity contribution in [1.82, 2.24) is 0 Å². The SMILES string of the molecule is [2H]OC(=O)c1cc(N([2H])C([2H])C([2H])([2H])C([2H])([2H])C)c(Oc2ccccc2)c(S(=O)(=O)N([2H])[2H])c1. The van der Waals surface area contributed by atoms with Crippen molar-refractivity contribution in [3.05, 3.63) is 48.0 Å². The maximum atomic E-state index is 12.7. The molecule has 8 heteroatoms. The van der Waals surface area contributed by atoms with E-state index in [2.05, 4.69) is 5.11 Å². The van der Waals surface area contributed by atoms with Crippen LogP contribution in [0.15, 0.2) is 47.4 Å². The topological polar surface area (TPSA) is 119 Å². The molecule has 0 aliphatic rings. The summed E-state index contributed by atoms with van der Waals surface area (Å²) in [6.07, 6.45) is -5.61. The Balaban J connectivity index is 2.89. The third-order valence-corrected chi connectivity index (χ3v) is 3.78. The summed E-state index contributed by atoms with van der Waals surface area (Å²) in [4.78, 5) is 11.0. The lowest BCUT2D eigenvalue weighted by molar-refractivity contribution is 0.0696. The molecule has 2 rings (SSSR count). The number of hydrogen-bond acceptors (Lipinski definition) is 6. The summed E-state index contributed by atoms with van der Waals surface area (Å²) in [5.74, 6) is -2.12. The summed E-state index contributed by atoms with van der Waals surface area (Å²) in [6, 6.07) is 8.87. The molecule has 0 aliphatic carbocycles.